The number of carbonyl (C=O) groups is 1. The Hall–Kier alpha value is -1.83. The second-order valence-corrected chi connectivity index (χ2v) is 7.25. The fraction of sp³-hybridized carbons (Fsp3) is 0.500. The molecule has 11 heteroatoms. The summed E-state index contributed by atoms with van der Waals surface area (Å²) in [6.07, 6.45) is 3.63. The number of nitrogens with zero attached hydrogens (tertiary/aromatic N) is 1. The molecule has 2 heterocycles. The van der Waals surface area contributed by atoms with Crippen LogP contribution in [0.5, 0.6) is 0 Å². The van der Waals surface area contributed by atoms with Gasteiger partial charge in [-0.05, 0) is 12.5 Å². The van der Waals surface area contributed by atoms with Gasteiger partial charge in [0.1, 0.15) is 17.8 Å². The molecule has 27 heavy (non-hydrogen) atoms. The SMILES string of the molecule is C#CCCCOP(=O)([O-])OC[C@H]1O[C@@H]([n+]2cccc(C(N)=O)c2)[C@H](O)[C@@H]1O. The Labute approximate surface area is 156 Å². The first-order valence-electron chi connectivity index (χ1n) is 8.11. The van der Waals surface area contributed by atoms with Crippen LogP contribution in [0.3, 0.4) is 0 Å². The molecule has 5 atom stereocenters. The predicted octanol–water partition coefficient (Wildman–Crippen LogP) is -1.39. The van der Waals surface area contributed by atoms with Crippen LogP contribution in [0.1, 0.15) is 29.4 Å². The molecule has 1 saturated heterocycles. The van der Waals surface area contributed by atoms with E-state index in [1.807, 2.05) is 0 Å². The number of pyridine rings is 1. The average molecular weight is 400 g/mol. The number of amides is 1. The molecule has 148 valence electrons. The molecule has 0 saturated carbocycles. The van der Waals surface area contributed by atoms with Crippen LogP contribution < -0.4 is 15.2 Å². The quantitative estimate of drug-likeness (QED) is 0.198. The van der Waals surface area contributed by atoms with E-state index in [-0.39, 0.29) is 12.2 Å². The van der Waals surface area contributed by atoms with E-state index in [2.05, 4.69) is 10.4 Å². The van der Waals surface area contributed by atoms with E-state index in [1.165, 1.54) is 29.1 Å². The lowest BCUT2D eigenvalue weighted by Gasteiger charge is -2.24. The van der Waals surface area contributed by atoms with Gasteiger partial charge in [0.15, 0.2) is 18.5 Å². The van der Waals surface area contributed by atoms with Crippen molar-refractivity contribution >= 4 is 13.7 Å². The zero-order valence-electron chi connectivity index (χ0n) is 14.3. The number of rotatable bonds is 9. The lowest BCUT2D eigenvalue weighted by Crippen LogP contribution is -2.46. The topological polar surface area (TPSA) is 155 Å². The van der Waals surface area contributed by atoms with Gasteiger partial charge < -0.3 is 34.6 Å². The number of terminal acetylenes is 1. The van der Waals surface area contributed by atoms with E-state index in [1.54, 1.807) is 0 Å². The number of phosphoric acid groups is 1. The highest BCUT2D eigenvalue weighted by Gasteiger charge is 2.48. The molecule has 4 N–H and O–H groups in total. The summed E-state index contributed by atoms with van der Waals surface area (Å²) in [6, 6.07) is 2.99. The summed E-state index contributed by atoms with van der Waals surface area (Å²) >= 11 is 0. The molecule has 0 aliphatic carbocycles. The third-order valence-electron chi connectivity index (χ3n) is 3.85. The Morgan fingerprint density at radius 1 is 1.44 bits per heavy atom. The Bertz CT molecular complexity index is 752. The lowest BCUT2D eigenvalue weighted by atomic mass is 10.1. The highest BCUT2D eigenvalue weighted by atomic mass is 31.2. The van der Waals surface area contributed by atoms with Gasteiger partial charge in [-0.2, -0.15) is 4.57 Å². The number of carbonyl (C=O) groups excluding carboxylic acids is 1. The maximum atomic E-state index is 11.7. The minimum absolute atomic E-state index is 0.125. The highest BCUT2D eigenvalue weighted by molar-refractivity contribution is 7.45. The highest BCUT2D eigenvalue weighted by Crippen LogP contribution is 2.39. The number of ether oxygens (including phenoxy) is 1. The van der Waals surface area contributed by atoms with Crippen LogP contribution in [0.25, 0.3) is 0 Å². The molecule has 2 rings (SSSR count). The summed E-state index contributed by atoms with van der Waals surface area (Å²) in [6.45, 7) is -0.680. The minimum Gasteiger partial charge on any atom is -0.756 e. The summed E-state index contributed by atoms with van der Waals surface area (Å²) in [7, 11) is -4.60. The van der Waals surface area contributed by atoms with Crippen molar-refractivity contribution in [2.75, 3.05) is 13.2 Å². The number of nitrogens with two attached hydrogens (primary N) is 1. The minimum atomic E-state index is -4.60. The van der Waals surface area contributed by atoms with Crippen LogP contribution in [0.15, 0.2) is 24.5 Å². The van der Waals surface area contributed by atoms with Gasteiger partial charge in [-0.1, -0.05) is 0 Å². The summed E-state index contributed by atoms with van der Waals surface area (Å²) in [5.41, 5.74) is 5.38. The maximum Gasteiger partial charge on any atom is 0.292 e. The number of aliphatic hydroxyl groups excluding tert-OH is 2. The standard InChI is InChI=1S/C16H21N2O8P/c1-2-3-4-8-24-27(22,23)25-10-12-13(19)14(20)16(26-12)18-7-5-6-11(9-18)15(17)21/h1,5-7,9,12-14,16,19-20H,3-4,8,10H2,(H2-,17,21,22,23)/t12-,13-,14-,16-/m1/s1. The van der Waals surface area contributed by atoms with Crippen LogP contribution in [-0.2, 0) is 18.3 Å². The summed E-state index contributed by atoms with van der Waals surface area (Å²) in [4.78, 5) is 22.9. The molecule has 1 fully saturated rings. The van der Waals surface area contributed by atoms with Crippen molar-refractivity contribution in [1.82, 2.24) is 0 Å². The fourth-order valence-electron chi connectivity index (χ4n) is 2.46. The van der Waals surface area contributed by atoms with E-state index in [9.17, 15) is 24.5 Å². The molecule has 0 aromatic carbocycles. The molecule has 0 radical (unpaired) electrons. The number of primary amides is 1. The van der Waals surface area contributed by atoms with E-state index in [0.717, 1.165) is 0 Å². The van der Waals surface area contributed by atoms with E-state index in [4.69, 9.17) is 21.4 Å². The maximum absolute atomic E-state index is 11.7. The molecule has 0 spiro atoms. The van der Waals surface area contributed by atoms with E-state index < -0.39 is 44.9 Å². The molecular weight excluding hydrogens is 379 g/mol. The van der Waals surface area contributed by atoms with Crippen LogP contribution in [0.2, 0.25) is 0 Å². The first kappa shape index (κ1) is 21.5. The summed E-state index contributed by atoms with van der Waals surface area (Å²) in [5.74, 6) is 1.67. The van der Waals surface area contributed by atoms with Crippen molar-refractivity contribution in [3.8, 4) is 12.3 Å². The molecule has 0 bridgehead atoms. The zero-order chi connectivity index (χ0) is 20.0. The van der Waals surface area contributed by atoms with Crippen LogP contribution in [0.4, 0.5) is 0 Å². The normalized spacial score (nSPS) is 27.0. The molecular formula is C16H21N2O8P. The summed E-state index contributed by atoms with van der Waals surface area (Å²) < 4.78 is 27.9. The zero-order valence-corrected chi connectivity index (χ0v) is 15.2. The van der Waals surface area contributed by atoms with Crippen LogP contribution >= 0.6 is 7.82 Å². The monoisotopic (exact) mass is 400 g/mol. The van der Waals surface area contributed by atoms with Gasteiger partial charge in [-0.3, -0.25) is 9.36 Å². The number of hydrogen-bond donors (Lipinski definition) is 3. The van der Waals surface area contributed by atoms with Crippen molar-refractivity contribution in [1.29, 1.82) is 0 Å². The van der Waals surface area contributed by atoms with E-state index in [0.29, 0.717) is 12.8 Å². The predicted molar refractivity (Wildman–Crippen MR) is 88.7 cm³/mol. The molecule has 1 aromatic rings. The van der Waals surface area contributed by atoms with Crippen molar-refractivity contribution < 1.29 is 42.8 Å². The average Bonchev–Trinajstić information content (AvgIpc) is 2.92. The fourth-order valence-corrected chi connectivity index (χ4v) is 3.22. The van der Waals surface area contributed by atoms with Crippen molar-refractivity contribution in [3.05, 3.63) is 30.1 Å². The van der Waals surface area contributed by atoms with Gasteiger partial charge in [-0.25, -0.2) is 0 Å². The molecule has 1 amide bonds. The Balaban J connectivity index is 1.96. The Morgan fingerprint density at radius 2 is 2.19 bits per heavy atom. The van der Waals surface area contributed by atoms with Crippen molar-refractivity contribution in [2.45, 2.75) is 37.4 Å². The summed E-state index contributed by atoms with van der Waals surface area (Å²) in [5, 5.41) is 20.3. The number of aromatic nitrogens is 1. The van der Waals surface area contributed by atoms with Gasteiger partial charge in [0.2, 0.25) is 0 Å². The second kappa shape index (κ2) is 9.39. The third-order valence-corrected chi connectivity index (χ3v) is 4.81. The number of phosphoric ester groups is 1. The third kappa shape index (κ3) is 5.82. The van der Waals surface area contributed by atoms with E-state index >= 15 is 0 Å². The molecule has 1 aromatic heterocycles. The van der Waals surface area contributed by atoms with Gasteiger partial charge in [-0.15, -0.1) is 12.3 Å². The van der Waals surface area contributed by atoms with Gasteiger partial charge >= 0.3 is 0 Å². The van der Waals surface area contributed by atoms with Gasteiger partial charge in [0.25, 0.3) is 20.0 Å². The number of aliphatic hydroxyl groups is 2. The van der Waals surface area contributed by atoms with Gasteiger partial charge in [0, 0.05) is 12.5 Å². The van der Waals surface area contributed by atoms with Gasteiger partial charge in [0.05, 0.1) is 13.2 Å². The lowest BCUT2D eigenvalue weighted by molar-refractivity contribution is -0.765. The molecule has 1 unspecified atom stereocenters. The number of unbranched alkanes of at least 4 members (excludes halogenated alkanes) is 1. The Morgan fingerprint density at radius 3 is 2.85 bits per heavy atom. The second-order valence-electron chi connectivity index (χ2n) is 5.83. The smallest absolute Gasteiger partial charge is 0.292 e. The molecule has 1 aliphatic rings. The van der Waals surface area contributed by atoms with Crippen molar-refractivity contribution in [3.63, 3.8) is 0 Å². The molecule has 1 aliphatic heterocycles. The van der Waals surface area contributed by atoms with Crippen molar-refractivity contribution in [2.24, 2.45) is 5.73 Å². The molecule has 10 nitrogen and oxygen atoms in total. The van der Waals surface area contributed by atoms with Crippen LogP contribution in [-0.4, -0.2) is 47.6 Å². The number of hydrogen-bond acceptors (Lipinski definition) is 8. The largest absolute Gasteiger partial charge is 0.756 e. The van der Waals surface area contributed by atoms with Crippen LogP contribution in [0, 0.1) is 12.3 Å². The Kier molecular flexibility index (Phi) is 7.47. The first-order chi connectivity index (χ1) is 12.7. The first-order valence-corrected chi connectivity index (χ1v) is 9.57.